The number of rotatable bonds is 7. The van der Waals surface area contributed by atoms with Crippen molar-refractivity contribution in [3.8, 4) is 0 Å². The summed E-state index contributed by atoms with van der Waals surface area (Å²) >= 11 is 1.17. The van der Waals surface area contributed by atoms with E-state index >= 15 is 0 Å². The van der Waals surface area contributed by atoms with Gasteiger partial charge in [0.2, 0.25) is 0 Å². The predicted octanol–water partition coefficient (Wildman–Crippen LogP) is 3.46. The first-order valence-corrected chi connectivity index (χ1v) is 10.1. The Morgan fingerprint density at radius 2 is 1.53 bits per heavy atom. The summed E-state index contributed by atoms with van der Waals surface area (Å²) in [4.78, 5) is 39.4. The number of thiophene rings is 1. The van der Waals surface area contributed by atoms with E-state index in [4.69, 9.17) is 5.21 Å². The van der Waals surface area contributed by atoms with Gasteiger partial charge in [0, 0.05) is 17.0 Å². The zero-order chi connectivity index (χ0) is 21.3. The van der Waals surface area contributed by atoms with Gasteiger partial charge < -0.3 is 4.90 Å². The van der Waals surface area contributed by atoms with Gasteiger partial charge in [0.15, 0.2) is 0 Å². The molecule has 0 aliphatic rings. The monoisotopic (exact) mass is 423 g/mol. The van der Waals surface area contributed by atoms with E-state index in [1.807, 2.05) is 30.3 Å². The van der Waals surface area contributed by atoms with E-state index in [0.717, 1.165) is 10.4 Å². The maximum absolute atomic E-state index is 12.8. The molecule has 4 amide bonds. The standard InChI is InChI=1S/C22H21N3O4S/c26-20(17-9-5-2-6-10-17)23-22(28)25(14-13-16-7-3-1-4-8-16)15-18-11-12-19(30-18)21(27)24-29/h1-12,29H,13-15H2,(H,24,27)(H,23,26,28). The summed E-state index contributed by atoms with van der Waals surface area (Å²) < 4.78 is 0. The first kappa shape index (κ1) is 21.2. The molecule has 0 aliphatic heterocycles. The largest absolute Gasteiger partial charge is 0.324 e. The van der Waals surface area contributed by atoms with Crippen LogP contribution < -0.4 is 10.8 Å². The maximum atomic E-state index is 12.8. The van der Waals surface area contributed by atoms with E-state index in [2.05, 4.69) is 5.32 Å². The van der Waals surface area contributed by atoms with Crippen LogP contribution in [0.3, 0.4) is 0 Å². The minimum absolute atomic E-state index is 0.226. The van der Waals surface area contributed by atoms with E-state index < -0.39 is 17.8 Å². The number of nitrogens with one attached hydrogen (secondary N) is 2. The molecule has 1 heterocycles. The molecule has 8 heteroatoms. The quantitative estimate of drug-likeness (QED) is 0.400. The third-order valence-corrected chi connectivity index (χ3v) is 5.46. The molecule has 0 fully saturated rings. The number of nitrogens with zero attached hydrogens (tertiary/aromatic N) is 1. The Morgan fingerprint density at radius 1 is 0.867 bits per heavy atom. The smallest absolute Gasteiger partial charge is 0.319 e. The van der Waals surface area contributed by atoms with Gasteiger partial charge in [0.1, 0.15) is 0 Å². The molecule has 0 aliphatic carbocycles. The van der Waals surface area contributed by atoms with Crippen molar-refractivity contribution in [3.05, 3.63) is 93.7 Å². The number of amides is 4. The van der Waals surface area contributed by atoms with E-state index in [0.29, 0.717) is 23.4 Å². The van der Waals surface area contributed by atoms with Crippen molar-refractivity contribution >= 4 is 29.2 Å². The van der Waals surface area contributed by atoms with Crippen LogP contribution in [0.5, 0.6) is 0 Å². The number of hydrogen-bond donors (Lipinski definition) is 3. The molecule has 0 atom stereocenters. The first-order valence-electron chi connectivity index (χ1n) is 9.29. The minimum atomic E-state index is -0.606. The molecule has 0 saturated carbocycles. The highest BCUT2D eigenvalue weighted by Crippen LogP contribution is 2.19. The summed E-state index contributed by atoms with van der Waals surface area (Å²) in [6.45, 7) is 0.613. The summed E-state index contributed by atoms with van der Waals surface area (Å²) in [5.41, 5.74) is 3.06. The molecular weight excluding hydrogens is 402 g/mol. The average Bonchev–Trinajstić information content (AvgIpc) is 3.26. The number of hydroxylamine groups is 1. The third kappa shape index (κ3) is 5.76. The molecule has 30 heavy (non-hydrogen) atoms. The molecule has 0 bridgehead atoms. The second-order valence-electron chi connectivity index (χ2n) is 6.49. The van der Waals surface area contributed by atoms with Gasteiger partial charge in [0.05, 0.1) is 11.4 Å². The van der Waals surface area contributed by atoms with Gasteiger partial charge in [-0.2, -0.15) is 0 Å². The van der Waals surface area contributed by atoms with E-state index in [9.17, 15) is 14.4 Å². The lowest BCUT2D eigenvalue weighted by molar-refractivity contribution is 0.0711. The normalized spacial score (nSPS) is 10.3. The Bertz CT molecular complexity index is 1010. The van der Waals surface area contributed by atoms with Crippen molar-refractivity contribution in [2.75, 3.05) is 6.54 Å². The molecule has 3 rings (SSSR count). The topological polar surface area (TPSA) is 98.7 Å². The number of urea groups is 1. The highest BCUT2D eigenvalue weighted by molar-refractivity contribution is 7.14. The predicted molar refractivity (Wildman–Crippen MR) is 113 cm³/mol. The molecule has 3 N–H and O–H groups in total. The summed E-state index contributed by atoms with van der Waals surface area (Å²) in [5.74, 6) is -1.08. The fourth-order valence-corrected chi connectivity index (χ4v) is 3.74. The lowest BCUT2D eigenvalue weighted by atomic mass is 10.1. The van der Waals surface area contributed by atoms with Gasteiger partial charge in [-0.1, -0.05) is 48.5 Å². The fraction of sp³-hybridized carbons (Fsp3) is 0.136. The van der Waals surface area contributed by atoms with Crippen molar-refractivity contribution in [3.63, 3.8) is 0 Å². The highest BCUT2D eigenvalue weighted by Gasteiger charge is 2.19. The van der Waals surface area contributed by atoms with E-state index in [1.54, 1.807) is 47.9 Å². The van der Waals surface area contributed by atoms with Crippen LogP contribution in [0.4, 0.5) is 4.79 Å². The average molecular weight is 423 g/mol. The van der Waals surface area contributed by atoms with E-state index in [-0.39, 0.29) is 6.54 Å². The lowest BCUT2D eigenvalue weighted by Gasteiger charge is -2.22. The van der Waals surface area contributed by atoms with Crippen LogP contribution in [0.15, 0.2) is 72.8 Å². The van der Waals surface area contributed by atoms with Crippen LogP contribution in [-0.4, -0.2) is 34.5 Å². The van der Waals surface area contributed by atoms with Crippen LogP contribution in [0.1, 0.15) is 30.5 Å². The molecule has 0 spiro atoms. The summed E-state index contributed by atoms with van der Waals surface area (Å²) in [6, 6.07) is 21.0. The van der Waals surface area contributed by atoms with Crippen molar-refractivity contribution in [1.82, 2.24) is 15.7 Å². The number of carbonyl (C=O) groups excluding carboxylic acids is 3. The van der Waals surface area contributed by atoms with Gasteiger partial charge in [-0.25, -0.2) is 10.3 Å². The Labute approximate surface area is 177 Å². The van der Waals surface area contributed by atoms with Crippen LogP contribution >= 0.6 is 11.3 Å². The van der Waals surface area contributed by atoms with Crippen LogP contribution in [0.25, 0.3) is 0 Å². The second-order valence-corrected chi connectivity index (χ2v) is 7.66. The van der Waals surface area contributed by atoms with Gasteiger partial charge in [0.25, 0.3) is 11.8 Å². The van der Waals surface area contributed by atoms with Crippen molar-refractivity contribution in [2.24, 2.45) is 0 Å². The molecule has 1 aromatic heterocycles. The molecule has 3 aromatic rings. The Kier molecular flexibility index (Phi) is 7.31. The zero-order valence-electron chi connectivity index (χ0n) is 16.1. The van der Waals surface area contributed by atoms with Gasteiger partial charge >= 0.3 is 6.03 Å². The van der Waals surface area contributed by atoms with Crippen molar-refractivity contribution in [2.45, 2.75) is 13.0 Å². The molecule has 0 unspecified atom stereocenters. The zero-order valence-corrected chi connectivity index (χ0v) is 16.9. The van der Waals surface area contributed by atoms with Crippen LogP contribution in [0.2, 0.25) is 0 Å². The molecule has 7 nitrogen and oxygen atoms in total. The molecule has 2 aromatic carbocycles. The van der Waals surface area contributed by atoms with Gasteiger partial charge in [-0.3, -0.25) is 20.1 Å². The highest BCUT2D eigenvalue weighted by atomic mass is 32.1. The number of hydrogen-bond acceptors (Lipinski definition) is 5. The van der Waals surface area contributed by atoms with Crippen molar-refractivity contribution < 1.29 is 19.6 Å². The Hall–Kier alpha value is -3.49. The Balaban J connectivity index is 1.72. The van der Waals surface area contributed by atoms with Gasteiger partial charge in [-0.05, 0) is 36.2 Å². The number of imide groups is 1. The SMILES string of the molecule is O=C(NC(=O)N(CCc1ccccc1)Cc1ccc(C(=O)NO)s1)c1ccccc1. The number of carbonyl (C=O) groups is 3. The maximum Gasteiger partial charge on any atom is 0.324 e. The Morgan fingerprint density at radius 3 is 2.20 bits per heavy atom. The number of benzene rings is 2. The van der Waals surface area contributed by atoms with Crippen LogP contribution in [-0.2, 0) is 13.0 Å². The van der Waals surface area contributed by atoms with Crippen LogP contribution in [0, 0.1) is 0 Å². The minimum Gasteiger partial charge on any atom is -0.319 e. The van der Waals surface area contributed by atoms with Crippen molar-refractivity contribution in [1.29, 1.82) is 0 Å². The third-order valence-electron chi connectivity index (χ3n) is 4.39. The molecule has 154 valence electrons. The molecule has 0 saturated heterocycles. The molecule has 0 radical (unpaired) electrons. The van der Waals surface area contributed by atoms with E-state index in [1.165, 1.54) is 16.2 Å². The molecular formula is C22H21N3O4S. The first-order chi connectivity index (χ1) is 14.6. The summed E-state index contributed by atoms with van der Waals surface area (Å²) in [6.07, 6.45) is 0.614. The fourth-order valence-electron chi connectivity index (χ4n) is 2.83. The second kappa shape index (κ2) is 10.3. The summed E-state index contributed by atoms with van der Waals surface area (Å²) in [7, 11) is 0. The summed E-state index contributed by atoms with van der Waals surface area (Å²) in [5, 5.41) is 11.2. The van der Waals surface area contributed by atoms with Gasteiger partial charge in [-0.15, -0.1) is 11.3 Å². The lowest BCUT2D eigenvalue weighted by Crippen LogP contribution is -2.43.